The predicted molar refractivity (Wildman–Crippen MR) is 101 cm³/mol. The molecule has 0 bridgehead atoms. The molecule has 0 unspecified atom stereocenters. The van der Waals surface area contributed by atoms with Crippen LogP contribution in [-0.4, -0.2) is 49.0 Å². The Hall–Kier alpha value is -2.40. The van der Waals surface area contributed by atoms with Crippen molar-refractivity contribution >= 4 is 11.7 Å². The maximum absolute atomic E-state index is 12.2. The fourth-order valence-corrected chi connectivity index (χ4v) is 2.92. The molecule has 132 valence electrons. The molecule has 2 heterocycles. The Bertz CT molecular complexity index is 689. The van der Waals surface area contributed by atoms with Crippen LogP contribution in [0.3, 0.4) is 0 Å². The van der Waals surface area contributed by atoms with Gasteiger partial charge in [-0.05, 0) is 42.8 Å². The van der Waals surface area contributed by atoms with Crippen LogP contribution in [0.2, 0.25) is 0 Å². The highest BCUT2D eigenvalue weighted by Crippen LogP contribution is 2.13. The normalized spacial score (nSPS) is 15.2. The summed E-state index contributed by atoms with van der Waals surface area (Å²) in [6, 6.07) is 11.8. The number of hydrogen-bond donors (Lipinski definition) is 1. The van der Waals surface area contributed by atoms with Crippen molar-refractivity contribution in [3.63, 3.8) is 0 Å². The first-order valence-electron chi connectivity index (χ1n) is 8.91. The summed E-state index contributed by atoms with van der Waals surface area (Å²) in [5, 5.41) is 2.96. The summed E-state index contributed by atoms with van der Waals surface area (Å²) in [4.78, 5) is 21.4. The second-order valence-electron chi connectivity index (χ2n) is 6.55. The standard InChI is InChI=1S/C20H26N4O/c1-3-16-4-7-18(8-5-16)20(25)22-15-17-6-9-19(21-14-17)24-12-10-23(2)11-13-24/h4-9,14H,3,10-13,15H2,1-2H3,(H,22,25). The molecule has 1 fully saturated rings. The zero-order valence-electron chi connectivity index (χ0n) is 15.0. The molecule has 2 aromatic rings. The molecule has 1 saturated heterocycles. The highest BCUT2D eigenvalue weighted by molar-refractivity contribution is 5.94. The first kappa shape index (κ1) is 17.4. The molecule has 0 spiro atoms. The predicted octanol–water partition coefficient (Wildman–Crippen LogP) is 2.33. The Morgan fingerprint density at radius 3 is 2.32 bits per heavy atom. The summed E-state index contributed by atoms with van der Waals surface area (Å²) in [5.74, 6) is 0.962. The minimum atomic E-state index is -0.0502. The monoisotopic (exact) mass is 338 g/mol. The van der Waals surface area contributed by atoms with Gasteiger partial charge in [0.25, 0.3) is 5.91 Å². The van der Waals surface area contributed by atoms with Crippen LogP contribution in [0.4, 0.5) is 5.82 Å². The van der Waals surface area contributed by atoms with Gasteiger partial charge in [0.15, 0.2) is 0 Å². The van der Waals surface area contributed by atoms with Crippen LogP contribution in [0.1, 0.15) is 28.4 Å². The van der Waals surface area contributed by atoms with Crippen LogP contribution in [0, 0.1) is 0 Å². The number of nitrogens with zero attached hydrogens (tertiary/aromatic N) is 3. The van der Waals surface area contributed by atoms with Crippen LogP contribution < -0.4 is 10.2 Å². The van der Waals surface area contributed by atoms with Crippen molar-refractivity contribution in [2.45, 2.75) is 19.9 Å². The molecule has 5 heteroatoms. The topological polar surface area (TPSA) is 48.5 Å². The number of anilines is 1. The van der Waals surface area contributed by atoms with E-state index in [1.54, 1.807) is 0 Å². The quantitative estimate of drug-likeness (QED) is 0.909. The fraction of sp³-hybridized carbons (Fsp3) is 0.400. The largest absolute Gasteiger partial charge is 0.354 e. The number of rotatable bonds is 5. The number of aromatic nitrogens is 1. The smallest absolute Gasteiger partial charge is 0.251 e. The van der Waals surface area contributed by atoms with Gasteiger partial charge in [-0.25, -0.2) is 4.98 Å². The summed E-state index contributed by atoms with van der Waals surface area (Å²) in [6.07, 6.45) is 2.83. The molecule has 0 saturated carbocycles. The zero-order chi connectivity index (χ0) is 17.6. The van der Waals surface area contributed by atoms with Crippen LogP contribution in [-0.2, 0) is 13.0 Å². The third kappa shape index (κ3) is 4.57. The number of aryl methyl sites for hydroxylation is 1. The average Bonchev–Trinajstić information content (AvgIpc) is 2.67. The molecule has 0 aliphatic carbocycles. The number of piperazine rings is 1. The van der Waals surface area contributed by atoms with Crippen molar-refractivity contribution in [2.24, 2.45) is 0 Å². The first-order valence-corrected chi connectivity index (χ1v) is 8.91. The average molecular weight is 338 g/mol. The summed E-state index contributed by atoms with van der Waals surface area (Å²) in [5.41, 5.74) is 2.94. The van der Waals surface area contributed by atoms with E-state index < -0.39 is 0 Å². The van der Waals surface area contributed by atoms with Gasteiger partial charge in [-0.1, -0.05) is 25.1 Å². The van der Waals surface area contributed by atoms with E-state index in [1.165, 1.54) is 5.56 Å². The minimum absolute atomic E-state index is 0.0502. The Morgan fingerprint density at radius 1 is 1.04 bits per heavy atom. The minimum Gasteiger partial charge on any atom is -0.354 e. The zero-order valence-corrected chi connectivity index (χ0v) is 15.0. The summed E-state index contributed by atoms with van der Waals surface area (Å²) in [7, 11) is 2.15. The molecule has 0 radical (unpaired) electrons. The van der Waals surface area contributed by atoms with Crippen LogP contribution in [0.15, 0.2) is 42.6 Å². The van der Waals surface area contributed by atoms with Gasteiger partial charge in [-0.2, -0.15) is 0 Å². The van der Waals surface area contributed by atoms with E-state index in [2.05, 4.69) is 34.1 Å². The molecule has 1 aromatic carbocycles. The molecule has 3 rings (SSSR count). The van der Waals surface area contributed by atoms with E-state index in [4.69, 9.17) is 0 Å². The SMILES string of the molecule is CCc1ccc(C(=O)NCc2ccc(N3CCN(C)CC3)nc2)cc1. The van der Waals surface area contributed by atoms with E-state index in [0.717, 1.165) is 44.0 Å². The molecular formula is C20H26N4O. The van der Waals surface area contributed by atoms with E-state index >= 15 is 0 Å². The van der Waals surface area contributed by atoms with Crippen LogP contribution in [0.5, 0.6) is 0 Å². The summed E-state index contributed by atoms with van der Waals surface area (Å²) >= 11 is 0. The van der Waals surface area contributed by atoms with Crippen molar-refractivity contribution in [3.8, 4) is 0 Å². The second kappa shape index (κ2) is 8.12. The maximum atomic E-state index is 12.2. The number of nitrogens with one attached hydrogen (secondary N) is 1. The summed E-state index contributed by atoms with van der Waals surface area (Å²) in [6.45, 7) is 6.74. The Kier molecular flexibility index (Phi) is 5.66. The number of carbonyl (C=O) groups is 1. The van der Waals surface area contributed by atoms with E-state index in [9.17, 15) is 4.79 Å². The van der Waals surface area contributed by atoms with Crippen molar-refractivity contribution < 1.29 is 4.79 Å². The van der Waals surface area contributed by atoms with Gasteiger partial charge in [0, 0.05) is 44.5 Å². The van der Waals surface area contributed by atoms with Crippen molar-refractivity contribution in [3.05, 3.63) is 59.3 Å². The van der Waals surface area contributed by atoms with Crippen molar-refractivity contribution in [1.82, 2.24) is 15.2 Å². The van der Waals surface area contributed by atoms with Gasteiger partial charge in [-0.15, -0.1) is 0 Å². The van der Waals surface area contributed by atoms with Crippen LogP contribution in [0.25, 0.3) is 0 Å². The Labute approximate surface area is 149 Å². The third-order valence-corrected chi connectivity index (χ3v) is 4.71. The molecule has 1 aliphatic heterocycles. The Morgan fingerprint density at radius 2 is 1.72 bits per heavy atom. The van der Waals surface area contributed by atoms with Gasteiger partial charge >= 0.3 is 0 Å². The van der Waals surface area contributed by atoms with E-state index in [-0.39, 0.29) is 5.91 Å². The molecule has 1 N–H and O–H groups in total. The highest BCUT2D eigenvalue weighted by Gasteiger charge is 2.15. The van der Waals surface area contributed by atoms with Gasteiger partial charge in [0.1, 0.15) is 5.82 Å². The second-order valence-corrected chi connectivity index (χ2v) is 6.55. The fourth-order valence-electron chi connectivity index (χ4n) is 2.92. The number of hydrogen-bond acceptors (Lipinski definition) is 4. The lowest BCUT2D eigenvalue weighted by atomic mass is 10.1. The lowest BCUT2D eigenvalue weighted by molar-refractivity contribution is 0.0951. The van der Waals surface area contributed by atoms with Gasteiger partial charge in [0.05, 0.1) is 0 Å². The Balaban J connectivity index is 1.53. The lowest BCUT2D eigenvalue weighted by Crippen LogP contribution is -2.44. The molecular weight excluding hydrogens is 312 g/mol. The third-order valence-electron chi connectivity index (χ3n) is 4.71. The number of benzene rings is 1. The van der Waals surface area contributed by atoms with Gasteiger partial charge in [-0.3, -0.25) is 4.79 Å². The van der Waals surface area contributed by atoms with E-state index in [1.807, 2.05) is 42.6 Å². The van der Waals surface area contributed by atoms with Gasteiger partial charge < -0.3 is 15.1 Å². The van der Waals surface area contributed by atoms with Gasteiger partial charge in [0.2, 0.25) is 0 Å². The van der Waals surface area contributed by atoms with Crippen LogP contribution >= 0.6 is 0 Å². The molecule has 1 amide bonds. The first-order chi connectivity index (χ1) is 12.2. The maximum Gasteiger partial charge on any atom is 0.251 e. The number of likely N-dealkylation sites (N-methyl/N-ethyl adjacent to an activating group) is 1. The van der Waals surface area contributed by atoms with Crippen molar-refractivity contribution in [2.75, 3.05) is 38.1 Å². The molecule has 1 aliphatic rings. The number of carbonyl (C=O) groups excluding carboxylic acids is 1. The molecule has 1 aromatic heterocycles. The number of amides is 1. The van der Waals surface area contributed by atoms with Crippen molar-refractivity contribution in [1.29, 1.82) is 0 Å². The lowest BCUT2D eigenvalue weighted by Gasteiger charge is -2.33. The molecule has 0 atom stereocenters. The molecule has 25 heavy (non-hydrogen) atoms. The number of pyridine rings is 1. The van der Waals surface area contributed by atoms with E-state index in [0.29, 0.717) is 12.1 Å². The summed E-state index contributed by atoms with van der Waals surface area (Å²) < 4.78 is 0. The highest BCUT2D eigenvalue weighted by atomic mass is 16.1. The molecule has 5 nitrogen and oxygen atoms in total.